The minimum absolute atomic E-state index is 0.188. The Hall–Kier alpha value is -1.91. The van der Waals surface area contributed by atoms with E-state index < -0.39 is 0 Å². The van der Waals surface area contributed by atoms with E-state index in [1.165, 1.54) is 12.1 Å². The standard InChI is InChI=1S/C17H20FNO2/c1-13(19)17(14-7-9-15(18)10-8-14)21-12-11-20-16-5-3-2-4-6-16/h2-10,13,17H,11-12,19H2,1H3. The van der Waals surface area contributed by atoms with Crippen molar-refractivity contribution in [3.05, 3.63) is 66.0 Å². The third-order valence-electron chi connectivity index (χ3n) is 3.07. The molecule has 2 atom stereocenters. The average Bonchev–Trinajstić information content (AvgIpc) is 2.49. The molecule has 0 fully saturated rings. The van der Waals surface area contributed by atoms with Crippen LogP contribution >= 0.6 is 0 Å². The summed E-state index contributed by atoms with van der Waals surface area (Å²) in [5.74, 6) is 0.537. The second-order valence-electron chi connectivity index (χ2n) is 4.86. The molecule has 0 heterocycles. The fourth-order valence-electron chi connectivity index (χ4n) is 2.06. The molecule has 2 rings (SSSR count). The van der Waals surface area contributed by atoms with E-state index in [0.29, 0.717) is 13.2 Å². The highest BCUT2D eigenvalue weighted by Gasteiger charge is 2.16. The number of benzene rings is 2. The third kappa shape index (κ3) is 4.85. The molecule has 2 unspecified atom stereocenters. The summed E-state index contributed by atoms with van der Waals surface area (Å²) in [5.41, 5.74) is 6.81. The first-order valence-electron chi connectivity index (χ1n) is 6.97. The van der Waals surface area contributed by atoms with Gasteiger partial charge in [0.2, 0.25) is 0 Å². The number of hydrogen-bond acceptors (Lipinski definition) is 3. The number of rotatable bonds is 7. The fraction of sp³-hybridized carbons (Fsp3) is 0.294. The van der Waals surface area contributed by atoms with E-state index in [4.69, 9.17) is 15.2 Å². The van der Waals surface area contributed by atoms with Crippen molar-refractivity contribution in [3.63, 3.8) is 0 Å². The SMILES string of the molecule is CC(N)C(OCCOc1ccccc1)c1ccc(F)cc1. The number of nitrogens with two attached hydrogens (primary N) is 1. The monoisotopic (exact) mass is 289 g/mol. The maximum absolute atomic E-state index is 13.0. The van der Waals surface area contributed by atoms with Gasteiger partial charge in [-0.2, -0.15) is 0 Å². The fourth-order valence-corrected chi connectivity index (χ4v) is 2.06. The lowest BCUT2D eigenvalue weighted by Gasteiger charge is -2.22. The van der Waals surface area contributed by atoms with Gasteiger partial charge in [0.1, 0.15) is 18.2 Å². The van der Waals surface area contributed by atoms with Crippen LogP contribution in [0.5, 0.6) is 5.75 Å². The van der Waals surface area contributed by atoms with Crippen molar-refractivity contribution in [1.82, 2.24) is 0 Å². The van der Waals surface area contributed by atoms with Crippen LogP contribution in [-0.2, 0) is 4.74 Å². The number of para-hydroxylation sites is 1. The van der Waals surface area contributed by atoms with E-state index in [9.17, 15) is 4.39 Å². The zero-order valence-corrected chi connectivity index (χ0v) is 12.0. The molecule has 2 aromatic carbocycles. The van der Waals surface area contributed by atoms with E-state index in [0.717, 1.165) is 11.3 Å². The molecule has 0 aliphatic carbocycles. The Morgan fingerprint density at radius 2 is 1.67 bits per heavy atom. The highest BCUT2D eigenvalue weighted by molar-refractivity contribution is 5.21. The molecule has 0 saturated heterocycles. The summed E-state index contributed by atoms with van der Waals surface area (Å²) in [6.45, 7) is 2.72. The summed E-state index contributed by atoms with van der Waals surface area (Å²) < 4.78 is 24.3. The quantitative estimate of drug-likeness (QED) is 0.795. The Labute approximate surface area is 124 Å². The van der Waals surface area contributed by atoms with Crippen molar-refractivity contribution in [2.75, 3.05) is 13.2 Å². The summed E-state index contributed by atoms with van der Waals surface area (Å²) >= 11 is 0. The Morgan fingerprint density at radius 3 is 2.29 bits per heavy atom. The van der Waals surface area contributed by atoms with E-state index >= 15 is 0 Å². The first-order chi connectivity index (χ1) is 10.2. The van der Waals surface area contributed by atoms with Crippen molar-refractivity contribution in [2.45, 2.75) is 19.1 Å². The van der Waals surface area contributed by atoms with Crippen molar-refractivity contribution in [1.29, 1.82) is 0 Å². The first kappa shape index (κ1) is 15.5. The van der Waals surface area contributed by atoms with Crippen LogP contribution in [0.15, 0.2) is 54.6 Å². The Bertz CT molecular complexity index is 528. The molecule has 2 aromatic rings. The Balaban J connectivity index is 1.85. The molecule has 3 nitrogen and oxygen atoms in total. The predicted octanol–water partition coefficient (Wildman–Crippen LogP) is 3.31. The molecule has 112 valence electrons. The molecule has 0 aliphatic rings. The van der Waals surface area contributed by atoms with Crippen molar-refractivity contribution < 1.29 is 13.9 Å². The predicted molar refractivity (Wildman–Crippen MR) is 80.7 cm³/mol. The second kappa shape index (κ2) is 7.76. The van der Waals surface area contributed by atoms with Crippen LogP contribution < -0.4 is 10.5 Å². The summed E-state index contributed by atoms with van der Waals surface area (Å²) in [4.78, 5) is 0. The summed E-state index contributed by atoms with van der Waals surface area (Å²) in [6.07, 6.45) is -0.273. The van der Waals surface area contributed by atoms with Gasteiger partial charge >= 0.3 is 0 Å². The van der Waals surface area contributed by atoms with Gasteiger partial charge in [-0.05, 0) is 36.8 Å². The van der Waals surface area contributed by atoms with Crippen molar-refractivity contribution in [2.24, 2.45) is 5.73 Å². The summed E-state index contributed by atoms with van der Waals surface area (Å²) in [5, 5.41) is 0. The summed E-state index contributed by atoms with van der Waals surface area (Å²) in [7, 11) is 0. The van der Waals surface area contributed by atoms with Crippen molar-refractivity contribution >= 4 is 0 Å². The highest BCUT2D eigenvalue weighted by Crippen LogP contribution is 2.20. The van der Waals surface area contributed by atoms with Crippen LogP contribution in [0.4, 0.5) is 4.39 Å². The van der Waals surface area contributed by atoms with Gasteiger partial charge in [0.25, 0.3) is 0 Å². The lowest BCUT2D eigenvalue weighted by Crippen LogP contribution is -2.28. The number of ether oxygens (including phenoxy) is 2. The van der Waals surface area contributed by atoms with Gasteiger partial charge in [0.05, 0.1) is 12.7 Å². The van der Waals surface area contributed by atoms with Crippen LogP contribution in [0.3, 0.4) is 0 Å². The maximum Gasteiger partial charge on any atom is 0.123 e. The molecule has 0 radical (unpaired) electrons. The van der Waals surface area contributed by atoms with Gasteiger partial charge < -0.3 is 15.2 Å². The third-order valence-corrected chi connectivity index (χ3v) is 3.07. The topological polar surface area (TPSA) is 44.5 Å². The highest BCUT2D eigenvalue weighted by atomic mass is 19.1. The van der Waals surface area contributed by atoms with Crippen LogP contribution in [-0.4, -0.2) is 19.3 Å². The van der Waals surface area contributed by atoms with Gasteiger partial charge in [-0.15, -0.1) is 0 Å². The second-order valence-corrected chi connectivity index (χ2v) is 4.86. The van der Waals surface area contributed by atoms with Gasteiger partial charge in [0.15, 0.2) is 0 Å². The Kier molecular flexibility index (Phi) is 5.72. The zero-order valence-electron chi connectivity index (χ0n) is 12.0. The van der Waals surface area contributed by atoms with Gasteiger partial charge in [-0.25, -0.2) is 4.39 Å². The first-order valence-corrected chi connectivity index (χ1v) is 6.97. The molecule has 2 N–H and O–H groups in total. The van der Waals surface area contributed by atoms with E-state index in [1.807, 2.05) is 37.3 Å². The van der Waals surface area contributed by atoms with Gasteiger partial charge in [-0.3, -0.25) is 0 Å². The molecule has 0 spiro atoms. The largest absolute Gasteiger partial charge is 0.491 e. The van der Waals surface area contributed by atoms with Crippen LogP contribution in [0, 0.1) is 5.82 Å². The minimum atomic E-state index is -0.273. The van der Waals surface area contributed by atoms with E-state index in [2.05, 4.69) is 0 Å². The number of hydrogen-bond donors (Lipinski definition) is 1. The molecule has 4 heteroatoms. The minimum Gasteiger partial charge on any atom is -0.491 e. The molecule has 0 aromatic heterocycles. The van der Waals surface area contributed by atoms with Gasteiger partial charge in [0, 0.05) is 6.04 Å². The van der Waals surface area contributed by atoms with Crippen molar-refractivity contribution in [3.8, 4) is 5.75 Å². The molecule has 0 aliphatic heterocycles. The maximum atomic E-state index is 13.0. The molecular weight excluding hydrogens is 269 g/mol. The molecule has 0 bridgehead atoms. The number of halogens is 1. The van der Waals surface area contributed by atoms with E-state index in [-0.39, 0.29) is 18.0 Å². The normalized spacial score (nSPS) is 13.7. The molecule has 21 heavy (non-hydrogen) atoms. The Morgan fingerprint density at radius 1 is 1.00 bits per heavy atom. The average molecular weight is 289 g/mol. The van der Waals surface area contributed by atoms with Gasteiger partial charge in [-0.1, -0.05) is 30.3 Å². The van der Waals surface area contributed by atoms with E-state index in [1.54, 1.807) is 12.1 Å². The smallest absolute Gasteiger partial charge is 0.123 e. The lowest BCUT2D eigenvalue weighted by atomic mass is 10.0. The summed E-state index contributed by atoms with van der Waals surface area (Å²) in [6, 6.07) is 15.6. The molecule has 0 amide bonds. The molecule has 0 saturated carbocycles. The lowest BCUT2D eigenvalue weighted by molar-refractivity contribution is 0.0208. The van der Waals surface area contributed by atoms with Crippen LogP contribution in [0.2, 0.25) is 0 Å². The molecular formula is C17H20FNO2. The van der Waals surface area contributed by atoms with Crippen LogP contribution in [0.25, 0.3) is 0 Å². The zero-order chi connectivity index (χ0) is 15.1. The van der Waals surface area contributed by atoms with Crippen LogP contribution in [0.1, 0.15) is 18.6 Å².